The summed E-state index contributed by atoms with van der Waals surface area (Å²) >= 11 is 0. The Bertz CT molecular complexity index is 533. The largest absolute Gasteiger partial charge is 0.316 e. The predicted molar refractivity (Wildman–Crippen MR) is 83.5 cm³/mol. The number of hydrogen-bond donors (Lipinski definition) is 1. The average molecular weight is 295 g/mol. The maximum atomic E-state index is 12.4. The SMILES string of the molecule is CNC(CS(=O)(=O)Cc1cccc(C)c1)C1CCCC1. The summed E-state index contributed by atoms with van der Waals surface area (Å²) in [6.07, 6.45) is 4.79. The van der Waals surface area contributed by atoms with Gasteiger partial charge in [0.15, 0.2) is 9.84 Å². The quantitative estimate of drug-likeness (QED) is 0.877. The summed E-state index contributed by atoms with van der Waals surface area (Å²) in [5.41, 5.74) is 2.00. The molecule has 0 aromatic heterocycles. The van der Waals surface area contributed by atoms with Gasteiger partial charge in [-0.3, -0.25) is 0 Å². The van der Waals surface area contributed by atoms with E-state index in [1.165, 1.54) is 12.8 Å². The Balaban J connectivity index is 2.02. The van der Waals surface area contributed by atoms with E-state index in [4.69, 9.17) is 0 Å². The van der Waals surface area contributed by atoms with E-state index >= 15 is 0 Å². The van der Waals surface area contributed by atoms with Gasteiger partial charge in [-0.25, -0.2) is 8.42 Å². The van der Waals surface area contributed by atoms with Crippen molar-refractivity contribution in [1.82, 2.24) is 5.32 Å². The Morgan fingerprint density at radius 1 is 1.30 bits per heavy atom. The molecule has 1 N–H and O–H groups in total. The first-order valence-corrected chi connectivity index (χ1v) is 9.25. The second-order valence-electron chi connectivity index (χ2n) is 5.98. The Morgan fingerprint density at radius 2 is 2.00 bits per heavy atom. The minimum atomic E-state index is -3.06. The van der Waals surface area contributed by atoms with E-state index in [1.807, 2.05) is 38.2 Å². The molecule has 1 saturated carbocycles. The van der Waals surface area contributed by atoms with Gasteiger partial charge in [-0.1, -0.05) is 42.7 Å². The second-order valence-corrected chi connectivity index (χ2v) is 8.09. The molecular formula is C16H25NO2S. The molecular weight excluding hydrogens is 270 g/mol. The van der Waals surface area contributed by atoms with Crippen LogP contribution in [0.2, 0.25) is 0 Å². The number of sulfone groups is 1. The third kappa shape index (κ3) is 4.32. The maximum Gasteiger partial charge on any atom is 0.155 e. The first kappa shape index (κ1) is 15.5. The topological polar surface area (TPSA) is 46.2 Å². The van der Waals surface area contributed by atoms with Crippen LogP contribution in [-0.4, -0.2) is 27.3 Å². The highest BCUT2D eigenvalue weighted by molar-refractivity contribution is 7.90. The third-order valence-corrected chi connectivity index (χ3v) is 5.88. The molecule has 112 valence electrons. The van der Waals surface area contributed by atoms with Crippen molar-refractivity contribution >= 4 is 9.84 Å². The Labute approximate surface area is 122 Å². The summed E-state index contributed by atoms with van der Waals surface area (Å²) in [5.74, 6) is 0.925. The summed E-state index contributed by atoms with van der Waals surface area (Å²) in [6, 6.07) is 7.88. The van der Waals surface area contributed by atoms with E-state index < -0.39 is 9.84 Å². The Hall–Kier alpha value is -0.870. The van der Waals surface area contributed by atoms with Crippen LogP contribution in [-0.2, 0) is 15.6 Å². The summed E-state index contributed by atoms with van der Waals surface area (Å²) in [4.78, 5) is 0. The van der Waals surface area contributed by atoms with E-state index in [1.54, 1.807) is 0 Å². The van der Waals surface area contributed by atoms with Crippen LogP contribution in [0.4, 0.5) is 0 Å². The van der Waals surface area contributed by atoms with E-state index in [0.717, 1.165) is 24.0 Å². The molecule has 0 bridgehead atoms. The number of aryl methyl sites for hydroxylation is 1. The van der Waals surface area contributed by atoms with Crippen molar-refractivity contribution in [3.8, 4) is 0 Å². The lowest BCUT2D eigenvalue weighted by Crippen LogP contribution is -2.39. The minimum Gasteiger partial charge on any atom is -0.316 e. The van der Waals surface area contributed by atoms with Gasteiger partial charge >= 0.3 is 0 Å². The summed E-state index contributed by atoms with van der Waals surface area (Å²) in [7, 11) is -1.18. The lowest BCUT2D eigenvalue weighted by Gasteiger charge is -2.22. The van der Waals surface area contributed by atoms with Crippen molar-refractivity contribution in [1.29, 1.82) is 0 Å². The molecule has 0 radical (unpaired) electrons. The van der Waals surface area contributed by atoms with E-state index in [2.05, 4.69) is 5.32 Å². The molecule has 0 amide bonds. The number of hydrogen-bond acceptors (Lipinski definition) is 3. The molecule has 4 heteroatoms. The molecule has 0 heterocycles. The van der Waals surface area contributed by atoms with Crippen molar-refractivity contribution in [3.05, 3.63) is 35.4 Å². The van der Waals surface area contributed by atoms with E-state index in [-0.39, 0.29) is 17.5 Å². The highest BCUT2D eigenvalue weighted by Crippen LogP contribution is 2.28. The van der Waals surface area contributed by atoms with Crippen LogP contribution in [0.5, 0.6) is 0 Å². The van der Waals surface area contributed by atoms with Gasteiger partial charge in [0.2, 0.25) is 0 Å². The summed E-state index contributed by atoms with van der Waals surface area (Å²) < 4.78 is 24.8. The normalized spacial score (nSPS) is 18.3. The van der Waals surface area contributed by atoms with Gasteiger partial charge in [-0.15, -0.1) is 0 Å². The predicted octanol–water partition coefficient (Wildman–Crippen LogP) is 2.69. The zero-order valence-corrected chi connectivity index (χ0v) is 13.2. The van der Waals surface area contributed by atoms with Gasteiger partial charge in [0.1, 0.15) is 0 Å². The van der Waals surface area contributed by atoms with Gasteiger partial charge in [0.05, 0.1) is 11.5 Å². The zero-order valence-electron chi connectivity index (χ0n) is 12.4. The highest BCUT2D eigenvalue weighted by atomic mass is 32.2. The fourth-order valence-corrected chi connectivity index (χ4v) is 4.99. The maximum absolute atomic E-state index is 12.4. The molecule has 1 aromatic rings. The van der Waals surface area contributed by atoms with Crippen LogP contribution in [0.1, 0.15) is 36.8 Å². The van der Waals surface area contributed by atoms with Gasteiger partial charge in [-0.2, -0.15) is 0 Å². The zero-order chi connectivity index (χ0) is 14.6. The molecule has 2 rings (SSSR count). The first-order valence-electron chi connectivity index (χ1n) is 7.43. The third-order valence-electron chi connectivity index (χ3n) is 4.24. The molecule has 0 saturated heterocycles. The number of rotatable bonds is 6. The Kier molecular flexibility index (Phi) is 5.22. The van der Waals surface area contributed by atoms with Crippen molar-refractivity contribution in [2.45, 2.75) is 44.4 Å². The molecule has 1 atom stereocenters. The first-order chi connectivity index (χ1) is 9.50. The van der Waals surface area contributed by atoms with Gasteiger partial charge in [0.25, 0.3) is 0 Å². The molecule has 1 aliphatic carbocycles. The number of benzene rings is 1. The van der Waals surface area contributed by atoms with E-state index in [0.29, 0.717) is 5.92 Å². The molecule has 1 fully saturated rings. The van der Waals surface area contributed by atoms with Crippen molar-refractivity contribution in [3.63, 3.8) is 0 Å². The van der Waals surface area contributed by atoms with Crippen molar-refractivity contribution < 1.29 is 8.42 Å². The number of nitrogens with one attached hydrogen (secondary N) is 1. The molecule has 1 aromatic carbocycles. The van der Waals surface area contributed by atoms with Gasteiger partial charge in [-0.05, 0) is 38.3 Å². The summed E-state index contributed by atoms with van der Waals surface area (Å²) in [6.45, 7) is 1.99. The summed E-state index contributed by atoms with van der Waals surface area (Å²) in [5, 5.41) is 3.22. The van der Waals surface area contributed by atoms with Crippen LogP contribution in [0, 0.1) is 12.8 Å². The minimum absolute atomic E-state index is 0.104. The second kappa shape index (κ2) is 6.72. The smallest absolute Gasteiger partial charge is 0.155 e. The molecule has 0 aliphatic heterocycles. The standard InChI is InChI=1S/C16H25NO2S/c1-13-6-5-7-14(10-13)11-20(18,19)12-16(17-2)15-8-3-4-9-15/h5-7,10,15-17H,3-4,8-9,11-12H2,1-2H3. The monoisotopic (exact) mass is 295 g/mol. The molecule has 1 unspecified atom stereocenters. The van der Waals surface area contributed by atoms with E-state index in [9.17, 15) is 8.42 Å². The fraction of sp³-hybridized carbons (Fsp3) is 0.625. The molecule has 1 aliphatic rings. The van der Waals surface area contributed by atoms with Crippen molar-refractivity contribution in [2.24, 2.45) is 5.92 Å². The molecule has 20 heavy (non-hydrogen) atoms. The van der Waals surface area contributed by atoms with Gasteiger partial charge in [0, 0.05) is 6.04 Å². The van der Waals surface area contributed by atoms with Crippen molar-refractivity contribution in [2.75, 3.05) is 12.8 Å². The average Bonchev–Trinajstić information content (AvgIpc) is 2.89. The van der Waals surface area contributed by atoms with Crippen LogP contribution in [0.3, 0.4) is 0 Å². The van der Waals surface area contributed by atoms with Crippen LogP contribution in [0.25, 0.3) is 0 Å². The molecule has 0 spiro atoms. The van der Waals surface area contributed by atoms with Gasteiger partial charge < -0.3 is 5.32 Å². The lowest BCUT2D eigenvalue weighted by molar-refractivity contribution is 0.404. The van der Waals surface area contributed by atoms with Crippen LogP contribution >= 0.6 is 0 Å². The van der Waals surface area contributed by atoms with Crippen LogP contribution in [0.15, 0.2) is 24.3 Å². The van der Waals surface area contributed by atoms with Crippen LogP contribution < -0.4 is 5.32 Å². The highest BCUT2D eigenvalue weighted by Gasteiger charge is 2.28. The molecule has 3 nitrogen and oxygen atoms in total. The Morgan fingerprint density at radius 3 is 2.60 bits per heavy atom. The lowest BCUT2D eigenvalue weighted by atomic mass is 10.0. The fourth-order valence-electron chi connectivity index (χ4n) is 3.20.